The normalized spacial score (nSPS) is 24.3. The van der Waals surface area contributed by atoms with Gasteiger partial charge in [0.05, 0.1) is 18.3 Å². The van der Waals surface area contributed by atoms with Crippen molar-refractivity contribution < 1.29 is 28.9 Å². The van der Waals surface area contributed by atoms with E-state index in [0.717, 1.165) is 11.1 Å². The summed E-state index contributed by atoms with van der Waals surface area (Å²) in [5.74, 6) is -0.776. The maximum absolute atomic E-state index is 14.7. The van der Waals surface area contributed by atoms with E-state index in [1.54, 1.807) is 12.1 Å². The number of amides is 2. The molecule has 1 aromatic rings. The van der Waals surface area contributed by atoms with Crippen molar-refractivity contribution in [2.75, 3.05) is 31.2 Å². The molecule has 1 fully saturated rings. The third-order valence-electron chi connectivity index (χ3n) is 5.29. The van der Waals surface area contributed by atoms with Gasteiger partial charge in [-0.1, -0.05) is 6.08 Å². The lowest BCUT2D eigenvalue weighted by Gasteiger charge is -2.26. The van der Waals surface area contributed by atoms with Gasteiger partial charge >= 0.3 is 6.09 Å². The molecular weight excluding hydrogens is 343 g/mol. The average Bonchev–Trinajstić information content (AvgIpc) is 3.17. The molecule has 7 nitrogen and oxygen atoms in total. The Morgan fingerprint density at radius 1 is 1.35 bits per heavy atom. The molecule has 138 valence electrons. The molecule has 4 rings (SSSR count). The molecule has 0 radical (unpaired) electrons. The Labute approximate surface area is 149 Å². The molecule has 1 aromatic carbocycles. The lowest BCUT2D eigenvalue weighted by molar-refractivity contribution is -0.133. The van der Waals surface area contributed by atoms with Crippen LogP contribution in [-0.4, -0.2) is 65.6 Å². The van der Waals surface area contributed by atoms with E-state index in [4.69, 9.17) is 9.84 Å². The van der Waals surface area contributed by atoms with Gasteiger partial charge in [-0.3, -0.25) is 9.69 Å². The van der Waals surface area contributed by atoms with Crippen LogP contribution in [0.15, 0.2) is 18.2 Å². The topological polar surface area (TPSA) is 90.3 Å². The zero-order chi connectivity index (χ0) is 18.4. The van der Waals surface area contributed by atoms with Crippen LogP contribution in [0.3, 0.4) is 0 Å². The van der Waals surface area contributed by atoms with Crippen LogP contribution in [-0.2, 0) is 16.0 Å². The van der Waals surface area contributed by atoms with Gasteiger partial charge in [0.2, 0.25) is 5.91 Å². The van der Waals surface area contributed by atoms with E-state index in [9.17, 15) is 19.1 Å². The van der Waals surface area contributed by atoms with E-state index < -0.39 is 24.6 Å². The summed E-state index contributed by atoms with van der Waals surface area (Å²) in [7, 11) is 0. The maximum atomic E-state index is 14.7. The molecule has 0 bridgehead atoms. The van der Waals surface area contributed by atoms with Crippen molar-refractivity contribution in [1.82, 2.24) is 4.90 Å². The molecule has 0 saturated carbocycles. The van der Waals surface area contributed by atoms with Gasteiger partial charge in [-0.15, -0.1) is 0 Å². The molecule has 3 heterocycles. The van der Waals surface area contributed by atoms with E-state index in [-0.39, 0.29) is 18.6 Å². The first kappa shape index (κ1) is 17.0. The number of carbonyl (C=O) groups is 2. The predicted octanol–water partition coefficient (Wildman–Crippen LogP) is 0.676. The minimum absolute atomic E-state index is 0.268. The highest BCUT2D eigenvalue weighted by Crippen LogP contribution is 2.41. The molecular formula is C18H19FN2O5. The smallest absolute Gasteiger partial charge is 0.415 e. The van der Waals surface area contributed by atoms with Crippen molar-refractivity contribution in [3.05, 3.63) is 35.2 Å². The molecule has 3 aliphatic heterocycles. The number of nitrogens with zero attached hydrogens (tertiary/aromatic N) is 2. The molecule has 8 heteroatoms. The molecule has 0 aromatic heterocycles. The number of halogens is 1. The second-order valence-electron chi connectivity index (χ2n) is 6.68. The van der Waals surface area contributed by atoms with Crippen LogP contribution in [0.4, 0.5) is 14.9 Å². The summed E-state index contributed by atoms with van der Waals surface area (Å²) < 4.78 is 19.8. The summed E-state index contributed by atoms with van der Waals surface area (Å²) in [6, 6.07) is 2.79. The number of cyclic esters (lactones) is 1. The fourth-order valence-electron chi connectivity index (χ4n) is 3.93. The summed E-state index contributed by atoms with van der Waals surface area (Å²) in [5.41, 5.74) is 2.61. The minimum atomic E-state index is -0.603. The summed E-state index contributed by atoms with van der Waals surface area (Å²) >= 11 is 0. The van der Waals surface area contributed by atoms with Crippen LogP contribution in [0, 0.1) is 5.82 Å². The number of aliphatic hydroxyl groups excluding tert-OH is 2. The number of ether oxygens (including phenoxy) is 1. The van der Waals surface area contributed by atoms with E-state index in [2.05, 4.69) is 0 Å². The molecule has 0 unspecified atom stereocenters. The summed E-state index contributed by atoms with van der Waals surface area (Å²) in [4.78, 5) is 26.5. The van der Waals surface area contributed by atoms with Crippen LogP contribution >= 0.6 is 0 Å². The molecule has 26 heavy (non-hydrogen) atoms. The lowest BCUT2D eigenvalue weighted by atomic mass is 9.95. The molecule has 0 aliphatic carbocycles. The number of carbonyl (C=O) groups excluding carboxylic acids is 2. The maximum Gasteiger partial charge on any atom is 0.415 e. The van der Waals surface area contributed by atoms with Crippen molar-refractivity contribution in [2.45, 2.75) is 25.0 Å². The molecule has 0 spiro atoms. The zero-order valence-electron chi connectivity index (χ0n) is 14.0. The standard InChI is InChI=1S/C18H19FN2O5/c19-13-7-14-11(6-15-16(8-22)26-18(25)21(14)15)5-12(13)10-1-3-20(4-2-10)17(24)9-23/h1,5,7,15-16,22-23H,2-4,6,8-9H2/t15-,16-/m0/s1. The van der Waals surface area contributed by atoms with Gasteiger partial charge < -0.3 is 19.8 Å². The Morgan fingerprint density at radius 3 is 2.81 bits per heavy atom. The van der Waals surface area contributed by atoms with Gasteiger partial charge in [-0.25, -0.2) is 9.18 Å². The largest absolute Gasteiger partial charge is 0.441 e. The first-order valence-corrected chi connectivity index (χ1v) is 8.54. The highest BCUT2D eigenvalue weighted by molar-refractivity contribution is 5.94. The first-order chi connectivity index (χ1) is 12.5. The number of anilines is 1. The average molecular weight is 362 g/mol. The minimum Gasteiger partial charge on any atom is -0.441 e. The Morgan fingerprint density at radius 2 is 2.15 bits per heavy atom. The molecule has 2 atom stereocenters. The lowest BCUT2D eigenvalue weighted by Crippen LogP contribution is -2.36. The zero-order valence-corrected chi connectivity index (χ0v) is 14.0. The number of benzene rings is 1. The van der Waals surface area contributed by atoms with Gasteiger partial charge in [0, 0.05) is 18.7 Å². The van der Waals surface area contributed by atoms with E-state index in [0.29, 0.717) is 37.2 Å². The highest BCUT2D eigenvalue weighted by atomic mass is 19.1. The van der Waals surface area contributed by atoms with E-state index in [1.165, 1.54) is 15.9 Å². The Balaban J connectivity index is 1.62. The first-order valence-electron chi connectivity index (χ1n) is 8.54. The number of hydrogen-bond acceptors (Lipinski definition) is 5. The van der Waals surface area contributed by atoms with Crippen molar-refractivity contribution in [1.29, 1.82) is 0 Å². The Kier molecular flexibility index (Phi) is 4.16. The molecule has 3 aliphatic rings. The monoisotopic (exact) mass is 362 g/mol. The molecule has 2 amide bonds. The second-order valence-corrected chi connectivity index (χ2v) is 6.68. The van der Waals surface area contributed by atoms with Gasteiger partial charge in [0.25, 0.3) is 0 Å². The van der Waals surface area contributed by atoms with E-state index >= 15 is 0 Å². The molecule has 2 N–H and O–H groups in total. The van der Waals surface area contributed by atoms with Gasteiger partial charge in [0.1, 0.15) is 18.5 Å². The Hall–Kier alpha value is -2.45. The van der Waals surface area contributed by atoms with Crippen LogP contribution in [0.1, 0.15) is 17.5 Å². The van der Waals surface area contributed by atoms with Crippen LogP contribution in [0.5, 0.6) is 0 Å². The van der Waals surface area contributed by atoms with Crippen molar-refractivity contribution in [3.63, 3.8) is 0 Å². The molecule has 1 saturated heterocycles. The van der Waals surface area contributed by atoms with Crippen LogP contribution < -0.4 is 4.90 Å². The fraction of sp³-hybridized carbons (Fsp3) is 0.444. The predicted molar refractivity (Wildman–Crippen MR) is 90.0 cm³/mol. The number of hydrogen-bond donors (Lipinski definition) is 2. The van der Waals surface area contributed by atoms with Gasteiger partial charge in [-0.05, 0) is 36.1 Å². The van der Waals surface area contributed by atoms with Crippen molar-refractivity contribution in [2.24, 2.45) is 0 Å². The number of aliphatic hydroxyl groups is 2. The Bertz CT molecular complexity index is 809. The summed E-state index contributed by atoms with van der Waals surface area (Å²) in [6.45, 7) is -0.0415. The highest BCUT2D eigenvalue weighted by Gasteiger charge is 2.47. The van der Waals surface area contributed by atoms with E-state index in [1.807, 2.05) is 0 Å². The summed E-state index contributed by atoms with van der Waals surface area (Å²) in [6.07, 6.45) is 1.63. The van der Waals surface area contributed by atoms with Gasteiger partial charge in [0.15, 0.2) is 0 Å². The summed E-state index contributed by atoms with van der Waals surface area (Å²) in [5, 5.41) is 18.3. The fourth-order valence-corrected chi connectivity index (χ4v) is 3.93. The third kappa shape index (κ3) is 2.57. The van der Waals surface area contributed by atoms with Crippen molar-refractivity contribution in [3.8, 4) is 0 Å². The van der Waals surface area contributed by atoms with Crippen molar-refractivity contribution >= 4 is 23.3 Å². The van der Waals surface area contributed by atoms with Crippen LogP contribution in [0.2, 0.25) is 0 Å². The van der Waals surface area contributed by atoms with Crippen LogP contribution in [0.25, 0.3) is 5.57 Å². The third-order valence-corrected chi connectivity index (χ3v) is 5.29. The number of fused-ring (bicyclic) bond motifs is 3. The second kappa shape index (κ2) is 6.37. The SMILES string of the molecule is O=C(CO)N1CC=C(c2cc3c(cc2F)N2C(=O)O[C@@H](CO)[C@@H]2C3)CC1. The number of rotatable bonds is 3. The van der Waals surface area contributed by atoms with Gasteiger partial charge in [-0.2, -0.15) is 0 Å². The quantitative estimate of drug-likeness (QED) is 0.825.